The minimum absolute atomic E-state index is 0.156. The molecule has 1 saturated carbocycles. The lowest BCUT2D eigenvalue weighted by atomic mass is 9.72. The number of nitrogens with two attached hydrogens (primary N) is 1. The molecule has 3 nitrogen and oxygen atoms in total. The van der Waals surface area contributed by atoms with Gasteiger partial charge in [-0.15, -0.1) is 0 Å². The summed E-state index contributed by atoms with van der Waals surface area (Å²) in [5.41, 5.74) is 5.73. The van der Waals surface area contributed by atoms with Gasteiger partial charge in [-0.05, 0) is 38.0 Å². The summed E-state index contributed by atoms with van der Waals surface area (Å²) < 4.78 is 0. The van der Waals surface area contributed by atoms with Crippen LogP contribution < -0.4 is 5.73 Å². The summed E-state index contributed by atoms with van der Waals surface area (Å²) in [5, 5.41) is 0. The number of amides is 1. The number of fused-ring (bicyclic) bond motifs is 1. The van der Waals surface area contributed by atoms with Gasteiger partial charge in [0.25, 0.3) is 0 Å². The van der Waals surface area contributed by atoms with Gasteiger partial charge in [-0.3, -0.25) is 4.79 Å². The molecular formula is C13H24N2O. The van der Waals surface area contributed by atoms with Crippen molar-refractivity contribution in [3.8, 4) is 0 Å². The van der Waals surface area contributed by atoms with Gasteiger partial charge in [-0.25, -0.2) is 0 Å². The number of hydrogen-bond donors (Lipinski definition) is 1. The normalized spacial score (nSPS) is 36.7. The van der Waals surface area contributed by atoms with Gasteiger partial charge in [0.2, 0.25) is 5.91 Å². The molecule has 4 atom stereocenters. The molecular weight excluding hydrogens is 200 g/mol. The van der Waals surface area contributed by atoms with Crippen molar-refractivity contribution >= 4 is 5.91 Å². The molecule has 0 aromatic heterocycles. The van der Waals surface area contributed by atoms with Crippen LogP contribution in [0.25, 0.3) is 0 Å². The Balaban J connectivity index is 2.11. The zero-order valence-corrected chi connectivity index (χ0v) is 10.5. The molecule has 1 aliphatic heterocycles. The predicted octanol–water partition coefficient (Wildman–Crippen LogP) is 1.76. The molecule has 2 N–H and O–H groups in total. The highest BCUT2D eigenvalue weighted by Gasteiger charge is 2.39. The zero-order valence-electron chi connectivity index (χ0n) is 10.5. The third kappa shape index (κ3) is 2.10. The first-order valence-electron chi connectivity index (χ1n) is 6.67. The summed E-state index contributed by atoms with van der Waals surface area (Å²) >= 11 is 0. The SMILES string of the molecule is CC1CCN(C(=O)[C@H](C)N)C2CCCCC12. The van der Waals surface area contributed by atoms with Crippen LogP contribution >= 0.6 is 0 Å². The van der Waals surface area contributed by atoms with Gasteiger partial charge in [-0.1, -0.05) is 19.8 Å². The standard InChI is InChI=1S/C13H24N2O/c1-9-7-8-15(13(16)10(2)14)12-6-4-3-5-11(9)12/h9-12H,3-8,14H2,1-2H3/t9?,10-,11?,12?/m0/s1. The Hall–Kier alpha value is -0.570. The van der Waals surface area contributed by atoms with Crippen LogP contribution in [0.1, 0.15) is 46.0 Å². The summed E-state index contributed by atoms with van der Waals surface area (Å²) in [6, 6.07) is 0.145. The Labute approximate surface area is 98.4 Å². The van der Waals surface area contributed by atoms with Crippen LogP contribution in [0.4, 0.5) is 0 Å². The van der Waals surface area contributed by atoms with Gasteiger partial charge < -0.3 is 10.6 Å². The second-order valence-corrected chi connectivity index (χ2v) is 5.60. The molecule has 0 aromatic rings. The molecule has 92 valence electrons. The second kappa shape index (κ2) is 4.74. The van der Waals surface area contributed by atoms with Crippen molar-refractivity contribution in [2.24, 2.45) is 17.6 Å². The molecule has 2 aliphatic rings. The Morgan fingerprint density at radius 2 is 2.00 bits per heavy atom. The number of rotatable bonds is 1. The average molecular weight is 224 g/mol. The first-order chi connectivity index (χ1) is 7.61. The van der Waals surface area contributed by atoms with Crippen LogP contribution in [-0.2, 0) is 4.79 Å². The average Bonchev–Trinajstić information content (AvgIpc) is 2.29. The summed E-state index contributed by atoms with van der Waals surface area (Å²) in [5.74, 6) is 1.66. The van der Waals surface area contributed by atoms with Crippen LogP contribution in [-0.4, -0.2) is 29.4 Å². The minimum Gasteiger partial charge on any atom is -0.338 e. The van der Waals surface area contributed by atoms with E-state index >= 15 is 0 Å². The zero-order chi connectivity index (χ0) is 11.7. The van der Waals surface area contributed by atoms with Crippen molar-refractivity contribution in [2.45, 2.75) is 58.0 Å². The van der Waals surface area contributed by atoms with Crippen molar-refractivity contribution in [2.75, 3.05) is 6.54 Å². The van der Waals surface area contributed by atoms with E-state index in [1.54, 1.807) is 6.92 Å². The van der Waals surface area contributed by atoms with Crippen LogP contribution in [0, 0.1) is 11.8 Å². The molecule has 3 heteroatoms. The molecule has 0 radical (unpaired) electrons. The van der Waals surface area contributed by atoms with Crippen molar-refractivity contribution in [3.05, 3.63) is 0 Å². The summed E-state index contributed by atoms with van der Waals surface area (Å²) in [6.07, 6.45) is 6.25. The van der Waals surface area contributed by atoms with Crippen LogP contribution in [0.2, 0.25) is 0 Å². The molecule has 16 heavy (non-hydrogen) atoms. The van der Waals surface area contributed by atoms with Crippen LogP contribution in [0.15, 0.2) is 0 Å². The molecule has 2 rings (SSSR count). The number of hydrogen-bond acceptors (Lipinski definition) is 2. The van der Waals surface area contributed by atoms with Gasteiger partial charge in [0.15, 0.2) is 0 Å². The van der Waals surface area contributed by atoms with E-state index in [9.17, 15) is 4.79 Å². The summed E-state index contributed by atoms with van der Waals surface area (Å²) in [7, 11) is 0. The van der Waals surface area contributed by atoms with E-state index in [1.165, 1.54) is 25.7 Å². The molecule has 1 heterocycles. The summed E-state index contributed by atoms with van der Waals surface area (Å²) in [6.45, 7) is 5.07. The van der Waals surface area contributed by atoms with Crippen LogP contribution in [0.5, 0.6) is 0 Å². The Bertz CT molecular complexity index is 265. The number of carbonyl (C=O) groups is 1. The number of carbonyl (C=O) groups excluding carboxylic acids is 1. The molecule has 0 aromatic carbocycles. The molecule has 1 saturated heterocycles. The molecule has 0 spiro atoms. The maximum Gasteiger partial charge on any atom is 0.239 e. The van der Waals surface area contributed by atoms with Gasteiger partial charge in [-0.2, -0.15) is 0 Å². The molecule has 2 fully saturated rings. The topological polar surface area (TPSA) is 46.3 Å². The van der Waals surface area contributed by atoms with Crippen molar-refractivity contribution in [1.82, 2.24) is 4.90 Å². The number of nitrogens with zero attached hydrogens (tertiary/aromatic N) is 1. The highest BCUT2D eigenvalue weighted by molar-refractivity contribution is 5.81. The highest BCUT2D eigenvalue weighted by atomic mass is 16.2. The monoisotopic (exact) mass is 224 g/mol. The largest absolute Gasteiger partial charge is 0.338 e. The first-order valence-corrected chi connectivity index (χ1v) is 6.67. The van der Waals surface area contributed by atoms with Crippen molar-refractivity contribution < 1.29 is 4.79 Å². The van der Waals surface area contributed by atoms with E-state index in [1.807, 2.05) is 0 Å². The lowest BCUT2D eigenvalue weighted by molar-refractivity contribution is -0.140. The van der Waals surface area contributed by atoms with E-state index < -0.39 is 0 Å². The lowest BCUT2D eigenvalue weighted by Gasteiger charge is -2.47. The quantitative estimate of drug-likeness (QED) is 0.737. The van der Waals surface area contributed by atoms with E-state index in [0.717, 1.165) is 24.8 Å². The van der Waals surface area contributed by atoms with Gasteiger partial charge in [0.05, 0.1) is 6.04 Å². The Morgan fingerprint density at radius 1 is 1.31 bits per heavy atom. The number of likely N-dealkylation sites (tertiary alicyclic amines) is 1. The third-order valence-electron chi connectivity index (χ3n) is 4.41. The fourth-order valence-corrected chi connectivity index (χ4v) is 3.45. The molecule has 1 aliphatic carbocycles. The maximum atomic E-state index is 12.1. The smallest absolute Gasteiger partial charge is 0.239 e. The predicted molar refractivity (Wildman–Crippen MR) is 64.9 cm³/mol. The fourth-order valence-electron chi connectivity index (χ4n) is 3.45. The first kappa shape index (κ1) is 11.9. The fraction of sp³-hybridized carbons (Fsp3) is 0.923. The van der Waals surface area contributed by atoms with Gasteiger partial charge in [0, 0.05) is 12.6 Å². The van der Waals surface area contributed by atoms with E-state index in [2.05, 4.69) is 11.8 Å². The van der Waals surface area contributed by atoms with Gasteiger partial charge in [0.1, 0.15) is 0 Å². The highest BCUT2D eigenvalue weighted by Crippen LogP contribution is 2.38. The van der Waals surface area contributed by atoms with Crippen molar-refractivity contribution in [1.29, 1.82) is 0 Å². The van der Waals surface area contributed by atoms with E-state index in [-0.39, 0.29) is 11.9 Å². The Kier molecular flexibility index (Phi) is 3.53. The van der Waals surface area contributed by atoms with Gasteiger partial charge >= 0.3 is 0 Å². The summed E-state index contributed by atoms with van der Waals surface area (Å²) in [4.78, 5) is 14.1. The van der Waals surface area contributed by atoms with E-state index in [4.69, 9.17) is 5.73 Å². The van der Waals surface area contributed by atoms with Crippen LogP contribution in [0.3, 0.4) is 0 Å². The Morgan fingerprint density at radius 3 is 2.69 bits per heavy atom. The maximum absolute atomic E-state index is 12.1. The molecule has 1 amide bonds. The molecule has 0 bridgehead atoms. The van der Waals surface area contributed by atoms with Crippen molar-refractivity contribution in [3.63, 3.8) is 0 Å². The second-order valence-electron chi connectivity index (χ2n) is 5.60. The van der Waals surface area contributed by atoms with E-state index in [0.29, 0.717) is 6.04 Å². The lowest BCUT2D eigenvalue weighted by Crippen LogP contribution is -2.55. The minimum atomic E-state index is -0.337. The molecule has 3 unspecified atom stereocenters. The third-order valence-corrected chi connectivity index (χ3v) is 4.41. The number of piperidine rings is 1.